The number of carbonyl (C=O) groups excluding carboxylic acids is 1. The Hall–Kier alpha value is -3.35. The Balaban J connectivity index is 1.89. The maximum absolute atomic E-state index is 14.6. The number of ether oxygens (including phenoxy) is 1. The number of aromatic nitrogens is 2. The number of guanidine groups is 1. The first kappa shape index (κ1) is 17.5. The van der Waals surface area contributed by atoms with Gasteiger partial charge in [-0.05, 0) is 13.0 Å². The van der Waals surface area contributed by atoms with Gasteiger partial charge in [0.1, 0.15) is 5.69 Å². The molecule has 2 aromatic rings. The molecule has 3 N–H and O–H groups in total. The number of rotatable bonds is 4. The molecule has 3 rings (SSSR count). The van der Waals surface area contributed by atoms with Crippen LogP contribution < -0.4 is 15.4 Å². The summed E-state index contributed by atoms with van der Waals surface area (Å²) in [5.74, 6) is -5.16. The minimum atomic E-state index is -3.99. The van der Waals surface area contributed by atoms with Crippen LogP contribution in [0, 0.1) is 17.0 Å². The summed E-state index contributed by atoms with van der Waals surface area (Å²) in [5.41, 5.74) is -2.63. The standard InChI is InChI=1S/C17H18F2N6O4S/c1-17(8-30(27,28)25(2)16(20)24-17)10-4-9(5-11(18)14(10)19)23-15(26)12-6-22-13(29-3)7-21-12/h4-7H,8H2,1-3H3,(H2,20,24)(H,23,26)/t17-/m0/s1/i3D3. The number of carbonyl (C=O) groups is 1. The summed E-state index contributed by atoms with van der Waals surface area (Å²) in [6.45, 7) is 1.28. The molecule has 30 heavy (non-hydrogen) atoms. The number of methoxy groups -OCH3 is 1. The fourth-order valence-corrected chi connectivity index (χ4v) is 4.34. The summed E-state index contributed by atoms with van der Waals surface area (Å²) in [5, 5.41) is 12.7. The van der Waals surface area contributed by atoms with Gasteiger partial charge in [-0.1, -0.05) is 0 Å². The van der Waals surface area contributed by atoms with E-state index in [0.29, 0.717) is 10.4 Å². The molecule has 2 heterocycles. The van der Waals surface area contributed by atoms with Gasteiger partial charge in [0.15, 0.2) is 11.6 Å². The van der Waals surface area contributed by atoms with Crippen LogP contribution in [0.2, 0.25) is 0 Å². The van der Waals surface area contributed by atoms with Crippen LogP contribution in [0.3, 0.4) is 0 Å². The maximum Gasteiger partial charge on any atom is 0.275 e. The number of hydrogen-bond donors (Lipinski definition) is 3. The van der Waals surface area contributed by atoms with E-state index in [2.05, 4.69) is 25.3 Å². The normalized spacial score (nSPS) is 22.3. The lowest BCUT2D eigenvalue weighted by molar-refractivity contribution is 0.102. The monoisotopic (exact) mass is 443 g/mol. The number of sulfonamides is 1. The van der Waals surface area contributed by atoms with Gasteiger partial charge in [0.25, 0.3) is 5.91 Å². The van der Waals surface area contributed by atoms with E-state index in [-0.39, 0.29) is 17.3 Å². The van der Waals surface area contributed by atoms with Gasteiger partial charge < -0.3 is 15.4 Å². The highest BCUT2D eigenvalue weighted by molar-refractivity contribution is 7.89. The van der Waals surface area contributed by atoms with Crippen molar-refractivity contribution in [2.75, 3.05) is 25.2 Å². The topological polar surface area (TPSA) is 137 Å². The number of nitrogens with one attached hydrogen (secondary N) is 3. The third-order valence-electron chi connectivity index (χ3n) is 4.44. The lowest BCUT2D eigenvalue weighted by Crippen LogP contribution is -2.61. The predicted octanol–water partition coefficient (Wildman–Crippen LogP) is 1.03. The van der Waals surface area contributed by atoms with Crippen LogP contribution in [0.4, 0.5) is 14.5 Å². The Morgan fingerprint density at radius 1 is 1.40 bits per heavy atom. The first-order valence-electron chi connectivity index (χ1n) is 9.76. The molecule has 0 unspecified atom stereocenters. The third-order valence-corrected chi connectivity index (χ3v) is 6.40. The Labute approximate surface area is 175 Å². The summed E-state index contributed by atoms with van der Waals surface area (Å²) in [6.07, 6.45) is 1.82. The summed E-state index contributed by atoms with van der Waals surface area (Å²) in [4.78, 5) is 19.8. The Morgan fingerprint density at radius 3 is 2.73 bits per heavy atom. The van der Waals surface area contributed by atoms with Gasteiger partial charge >= 0.3 is 0 Å². The van der Waals surface area contributed by atoms with E-state index in [9.17, 15) is 22.0 Å². The van der Waals surface area contributed by atoms with E-state index in [0.717, 1.165) is 25.5 Å². The second-order valence-electron chi connectivity index (χ2n) is 6.65. The van der Waals surface area contributed by atoms with Gasteiger partial charge in [-0.2, -0.15) is 0 Å². The van der Waals surface area contributed by atoms with Crippen LogP contribution in [0.25, 0.3) is 0 Å². The molecular weight excluding hydrogens is 422 g/mol. The van der Waals surface area contributed by atoms with Gasteiger partial charge in [-0.3, -0.25) is 10.2 Å². The predicted molar refractivity (Wildman–Crippen MR) is 103 cm³/mol. The van der Waals surface area contributed by atoms with Gasteiger partial charge in [0.2, 0.25) is 21.9 Å². The largest absolute Gasteiger partial charge is 0.480 e. The molecule has 0 spiro atoms. The number of amides is 1. The van der Waals surface area contributed by atoms with Crippen molar-refractivity contribution in [2.45, 2.75) is 12.5 Å². The molecule has 0 radical (unpaired) electrons. The quantitative estimate of drug-likeness (QED) is 0.642. The first-order valence-corrected chi connectivity index (χ1v) is 9.87. The van der Waals surface area contributed by atoms with Crippen molar-refractivity contribution in [3.63, 3.8) is 0 Å². The fourth-order valence-electron chi connectivity index (χ4n) is 2.87. The van der Waals surface area contributed by atoms with E-state index in [1.165, 1.54) is 6.92 Å². The zero-order valence-electron chi connectivity index (χ0n) is 18.7. The molecule has 10 nitrogen and oxygen atoms in total. The molecular formula is C17H18F2N6O4S. The fraction of sp³-hybridized carbons (Fsp3) is 0.294. The highest BCUT2D eigenvalue weighted by Crippen LogP contribution is 2.32. The van der Waals surface area contributed by atoms with Gasteiger partial charge in [0.05, 0.1) is 34.8 Å². The summed E-state index contributed by atoms with van der Waals surface area (Å²) in [7, 11) is -5.61. The van der Waals surface area contributed by atoms with Crippen LogP contribution in [0.1, 0.15) is 27.1 Å². The minimum Gasteiger partial charge on any atom is -0.480 e. The highest BCUT2D eigenvalue weighted by atomic mass is 32.2. The summed E-state index contributed by atoms with van der Waals surface area (Å²) >= 11 is 0. The van der Waals surface area contributed by atoms with E-state index < -0.39 is 57.4 Å². The molecule has 1 aliphatic heterocycles. The molecule has 1 aliphatic rings. The van der Waals surface area contributed by atoms with Crippen molar-refractivity contribution >= 4 is 27.6 Å². The number of nitrogens with zero attached hydrogens (tertiary/aromatic N) is 3. The van der Waals surface area contributed by atoms with Crippen molar-refractivity contribution < 1.29 is 30.8 Å². The van der Waals surface area contributed by atoms with E-state index >= 15 is 0 Å². The van der Waals surface area contributed by atoms with Crippen LogP contribution in [0.15, 0.2) is 24.5 Å². The SMILES string of the molecule is [2H]C([2H])([2H])Oc1cnc(C(=O)Nc2cc(F)c(F)c([C@]3(C)CS(=O)(=O)N(C)C(=N)N3)c2)cn1. The molecule has 1 atom stereocenters. The average molecular weight is 443 g/mol. The zero-order valence-corrected chi connectivity index (χ0v) is 16.5. The molecule has 1 saturated heterocycles. The van der Waals surface area contributed by atoms with Crippen molar-refractivity contribution in [3.8, 4) is 5.88 Å². The zero-order chi connectivity index (χ0) is 24.8. The van der Waals surface area contributed by atoms with Crippen LogP contribution in [-0.2, 0) is 15.6 Å². The number of halogens is 2. The summed E-state index contributed by atoms with van der Waals surface area (Å²) in [6, 6.07) is 1.73. The Bertz CT molecular complexity index is 1230. The lowest BCUT2D eigenvalue weighted by Gasteiger charge is -2.40. The maximum atomic E-state index is 14.6. The van der Waals surface area contributed by atoms with Gasteiger partial charge in [-0.15, -0.1) is 0 Å². The number of benzene rings is 1. The number of anilines is 1. The van der Waals surface area contributed by atoms with Gasteiger partial charge in [-0.25, -0.2) is 31.5 Å². The van der Waals surface area contributed by atoms with Crippen molar-refractivity contribution in [3.05, 3.63) is 47.4 Å². The highest BCUT2D eigenvalue weighted by Gasteiger charge is 2.44. The molecule has 0 saturated carbocycles. The molecule has 0 aliphatic carbocycles. The van der Waals surface area contributed by atoms with Crippen LogP contribution in [0.5, 0.6) is 5.88 Å². The molecule has 1 aromatic heterocycles. The Morgan fingerprint density at radius 2 is 2.13 bits per heavy atom. The van der Waals surface area contributed by atoms with Crippen LogP contribution >= 0.6 is 0 Å². The minimum absolute atomic E-state index is 0.218. The second kappa shape index (κ2) is 7.48. The van der Waals surface area contributed by atoms with E-state index in [1.54, 1.807) is 0 Å². The molecule has 160 valence electrons. The molecule has 13 heteroatoms. The third kappa shape index (κ3) is 3.87. The van der Waals surface area contributed by atoms with Crippen molar-refractivity contribution in [2.24, 2.45) is 0 Å². The smallest absolute Gasteiger partial charge is 0.275 e. The average Bonchev–Trinajstić information content (AvgIpc) is 2.67. The van der Waals surface area contributed by atoms with E-state index in [1.807, 2.05) is 0 Å². The van der Waals surface area contributed by atoms with Crippen molar-refractivity contribution in [1.82, 2.24) is 19.6 Å². The molecule has 0 bridgehead atoms. The van der Waals surface area contributed by atoms with E-state index in [4.69, 9.17) is 9.52 Å². The van der Waals surface area contributed by atoms with Crippen molar-refractivity contribution in [1.29, 1.82) is 5.41 Å². The molecule has 1 aromatic carbocycles. The lowest BCUT2D eigenvalue weighted by atomic mass is 9.92. The Kier molecular flexibility index (Phi) is 4.36. The van der Waals surface area contributed by atoms with Gasteiger partial charge in [0, 0.05) is 24.4 Å². The molecule has 1 amide bonds. The van der Waals surface area contributed by atoms with Crippen LogP contribution in [-0.4, -0.2) is 54.4 Å². The first-order chi connectivity index (χ1) is 15.1. The number of hydrogen-bond acceptors (Lipinski definition) is 7. The molecule has 1 fully saturated rings. The summed E-state index contributed by atoms with van der Waals surface area (Å²) < 4.78 is 79.9. The second-order valence-corrected chi connectivity index (χ2v) is 8.65.